The SMILES string of the molecule is Cc1c(F)cc(C(=O)NC2CC2)cc1-c1ccc(C(=O)NCC(C)(C)C)cc1C=O. The fraction of sp³-hybridized carbons (Fsp3) is 0.375. The summed E-state index contributed by atoms with van der Waals surface area (Å²) >= 11 is 0. The third-order valence-electron chi connectivity index (χ3n) is 5.03. The van der Waals surface area contributed by atoms with Crippen molar-refractivity contribution < 1.29 is 18.8 Å². The molecule has 0 radical (unpaired) electrons. The van der Waals surface area contributed by atoms with Gasteiger partial charge in [0.2, 0.25) is 0 Å². The van der Waals surface area contributed by atoms with Crippen molar-refractivity contribution in [3.8, 4) is 11.1 Å². The zero-order valence-corrected chi connectivity index (χ0v) is 17.8. The van der Waals surface area contributed by atoms with Crippen LogP contribution in [-0.4, -0.2) is 30.7 Å². The molecule has 1 fully saturated rings. The van der Waals surface area contributed by atoms with E-state index in [-0.39, 0.29) is 34.4 Å². The van der Waals surface area contributed by atoms with Crippen molar-refractivity contribution in [2.45, 2.75) is 46.6 Å². The van der Waals surface area contributed by atoms with Crippen molar-refractivity contribution in [2.24, 2.45) is 5.41 Å². The number of carbonyl (C=O) groups excluding carboxylic acids is 3. The normalized spacial score (nSPS) is 13.6. The van der Waals surface area contributed by atoms with Crippen LogP contribution in [0.3, 0.4) is 0 Å². The first-order valence-electron chi connectivity index (χ1n) is 10.1. The Bertz CT molecular complexity index is 1000. The summed E-state index contributed by atoms with van der Waals surface area (Å²) < 4.78 is 14.6. The highest BCUT2D eigenvalue weighted by atomic mass is 19.1. The number of halogens is 1. The molecule has 1 aliphatic rings. The average Bonchev–Trinajstić information content (AvgIpc) is 3.51. The van der Waals surface area contributed by atoms with E-state index in [2.05, 4.69) is 10.6 Å². The van der Waals surface area contributed by atoms with Gasteiger partial charge in [-0.2, -0.15) is 0 Å². The second-order valence-corrected chi connectivity index (χ2v) is 9.04. The van der Waals surface area contributed by atoms with Crippen molar-refractivity contribution in [1.82, 2.24) is 10.6 Å². The number of carbonyl (C=O) groups is 3. The van der Waals surface area contributed by atoms with Crippen molar-refractivity contribution >= 4 is 18.1 Å². The Morgan fingerprint density at radius 2 is 1.77 bits per heavy atom. The van der Waals surface area contributed by atoms with Gasteiger partial charge in [-0.15, -0.1) is 0 Å². The highest BCUT2D eigenvalue weighted by molar-refractivity contribution is 6.00. The Kier molecular flexibility index (Phi) is 6.06. The molecule has 1 saturated carbocycles. The Morgan fingerprint density at radius 1 is 1.07 bits per heavy atom. The summed E-state index contributed by atoms with van der Waals surface area (Å²) in [6.07, 6.45) is 2.51. The Labute approximate surface area is 176 Å². The smallest absolute Gasteiger partial charge is 0.251 e. The summed E-state index contributed by atoms with van der Waals surface area (Å²) in [6, 6.07) is 7.69. The number of nitrogens with one attached hydrogen (secondary N) is 2. The molecule has 2 N–H and O–H groups in total. The van der Waals surface area contributed by atoms with Crippen LogP contribution in [0, 0.1) is 18.2 Å². The van der Waals surface area contributed by atoms with E-state index in [0.717, 1.165) is 12.8 Å². The van der Waals surface area contributed by atoms with Crippen molar-refractivity contribution in [2.75, 3.05) is 6.54 Å². The van der Waals surface area contributed by atoms with Gasteiger partial charge in [-0.1, -0.05) is 26.8 Å². The van der Waals surface area contributed by atoms with Gasteiger partial charge in [0.05, 0.1) is 0 Å². The summed E-state index contributed by atoms with van der Waals surface area (Å²) in [5.41, 5.74) is 2.04. The number of aldehydes is 1. The maximum Gasteiger partial charge on any atom is 0.251 e. The predicted molar refractivity (Wildman–Crippen MR) is 114 cm³/mol. The van der Waals surface area contributed by atoms with Gasteiger partial charge in [-0.05, 0) is 66.1 Å². The summed E-state index contributed by atoms with van der Waals surface area (Å²) in [4.78, 5) is 36.6. The van der Waals surface area contributed by atoms with Crippen LogP contribution in [0.25, 0.3) is 11.1 Å². The molecule has 2 aromatic rings. The van der Waals surface area contributed by atoms with Crippen molar-refractivity contribution in [3.63, 3.8) is 0 Å². The van der Waals surface area contributed by atoms with Crippen molar-refractivity contribution in [1.29, 1.82) is 0 Å². The number of amides is 2. The molecule has 0 heterocycles. The van der Waals surface area contributed by atoms with Gasteiger partial charge in [0, 0.05) is 29.3 Å². The molecule has 0 saturated heterocycles. The van der Waals surface area contributed by atoms with Crippen molar-refractivity contribution in [3.05, 3.63) is 58.4 Å². The molecule has 158 valence electrons. The van der Waals surface area contributed by atoms with E-state index in [1.807, 2.05) is 20.8 Å². The van der Waals surface area contributed by atoms with E-state index in [0.29, 0.717) is 35.1 Å². The number of hydrogen-bond donors (Lipinski definition) is 2. The molecule has 0 aromatic heterocycles. The van der Waals surface area contributed by atoms with Gasteiger partial charge in [0.25, 0.3) is 11.8 Å². The van der Waals surface area contributed by atoms with E-state index in [1.165, 1.54) is 12.1 Å². The van der Waals surface area contributed by atoms with Gasteiger partial charge in [0.1, 0.15) is 5.82 Å². The lowest BCUT2D eigenvalue weighted by Crippen LogP contribution is -2.32. The topological polar surface area (TPSA) is 75.3 Å². The van der Waals surface area contributed by atoms with Gasteiger partial charge in [-0.25, -0.2) is 4.39 Å². The molecular weight excluding hydrogens is 383 g/mol. The fourth-order valence-electron chi connectivity index (χ4n) is 3.08. The molecule has 5 nitrogen and oxygen atoms in total. The number of rotatable bonds is 6. The lowest BCUT2D eigenvalue weighted by Gasteiger charge is -2.19. The van der Waals surface area contributed by atoms with Crippen LogP contribution in [0.15, 0.2) is 30.3 Å². The van der Waals surface area contributed by atoms with Crippen LogP contribution in [0.1, 0.15) is 70.3 Å². The first kappa shape index (κ1) is 21.7. The minimum absolute atomic E-state index is 0.0702. The molecule has 2 amide bonds. The van der Waals surface area contributed by atoms with Crippen LogP contribution in [-0.2, 0) is 0 Å². The molecular formula is C24H27FN2O3. The second-order valence-electron chi connectivity index (χ2n) is 9.04. The van der Waals surface area contributed by atoms with Gasteiger partial charge >= 0.3 is 0 Å². The Hall–Kier alpha value is -3.02. The zero-order valence-electron chi connectivity index (χ0n) is 17.8. The predicted octanol–water partition coefficient (Wildman–Crippen LogP) is 4.28. The third kappa shape index (κ3) is 5.12. The first-order valence-corrected chi connectivity index (χ1v) is 10.1. The standard InChI is InChI=1S/C24H27FN2O3/c1-14-20(10-16(11-21(14)25)23(30)27-18-6-7-18)19-8-5-15(9-17(19)12-28)22(29)26-13-24(2,3)4/h5,8-12,18H,6-7,13H2,1-4H3,(H,26,29)(H,27,30). The molecule has 3 rings (SSSR count). The molecule has 0 atom stereocenters. The third-order valence-corrected chi connectivity index (χ3v) is 5.03. The van der Waals surface area contributed by atoms with Crippen LogP contribution in [0.2, 0.25) is 0 Å². The van der Waals surface area contributed by atoms with Gasteiger partial charge in [0.15, 0.2) is 6.29 Å². The largest absolute Gasteiger partial charge is 0.352 e. The Morgan fingerprint density at radius 3 is 2.37 bits per heavy atom. The molecule has 0 spiro atoms. The summed E-state index contributed by atoms with van der Waals surface area (Å²) in [6.45, 7) is 8.13. The molecule has 0 aliphatic heterocycles. The zero-order chi connectivity index (χ0) is 22.1. The van der Waals surface area contributed by atoms with Crippen LogP contribution >= 0.6 is 0 Å². The van der Waals surface area contributed by atoms with E-state index in [9.17, 15) is 18.8 Å². The Balaban J connectivity index is 1.94. The number of benzene rings is 2. The van der Waals surface area contributed by atoms with Gasteiger partial charge < -0.3 is 10.6 Å². The first-order chi connectivity index (χ1) is 14.1. The van der Waals surface area contributed by atoms with E-state index in [4.69, 9.17) is 0 Å². The summed E-state index contributed by atoms with van der Waals surface area (Å²) in [5.74, 6) is -1.12. The molecule has 30 heavy (non-hydrogen) atoms. The molecule has 0 unspecified atom stereocenters. The highest BCUT2D eigenvalue weighted by Gasteiger charge is 2.25. The van der Waals surface area contributed by atoms with Crippen LogP contribution in [0.4, 0.5) is 4.39 Å². The highest BCUT2D eigenvalue weighted by Crippen LogP contribution is 2.30. The lowest BCUT2D eigenvalue weighted by molar-refractivity contribution is 0.0935. The maximum absolute atomic E-state index is 14.6. The minimum Gasteiger partial charge on any atom is -0.352 e. The lowest BCUT2D eigenvalue weighted by atomic mass is 9.92. The van der Waals surface area contributed by atoms with Crippen LogP contribution < -0.4 is 10.6 Å². The minimum atomic E-state index is -0.516. The molecule has 0 bridgehead atoms. The second kappa shape index (κ2) is 8.38. The van der Waals surface area contributed by atoms with E-state index in [1.54, 1.807) is 25.1 Å². The molecule has 1 aliphatic carbocycles. The summed E-state index contributed by atoms with van der Waals surface area (Å²) in [5, 5.41) is 5.70. The van der Waals surface area contributed by atoms with E-state index >= 15 is 0 Å². The monoisotopic (exact) mass is 410 g/mol. The van der Waals surface area contributed by atoms with E-state index < -0.39 is 5.82 Å². The molecule has 2 aromatic carbocycles. The summed E-state index contributed by atoms with van der Waals surface area (Å²) in [7, 11) is 0. The number of hydrogen-bond acceptors (Lipinski definition) is 3. The van der Waals surface area contributed by atoms with Gasteiger partial charge in [-0.3, -0.25) is 14.4 Å². The van der Waals surface area contributed by atoms with Crippen LogP contribution in [0.5, 0.6) is 0 Å². The molecule has 6 heteroatoms. The average molecular weight is 410 g/mol. The fourth-order valence-corrected chi connectivity index (χ4v) is 3.08. The quantitative estimate of drug-likeness (QED) is 0.698. The maximum atomic E-state index is 14.6.